The lowest BCUT2D eigenvalue weighted by atomic mass is 10.2. The predicted octanol–water partition coefficient (Wildman–Crippen LogP) is 2.25. The molecule has 1 rings (SSSR count). The number of rotatable bonds is 3. The van der Waals surface area contributed by atoms with Gasteiger partial charge < -0.3 is 5.11 Å². The molecule has 1 N–H and O–H groups in total. The quantitative estimate of drug-likeness (QED) is 0.875. The third-order valence-corrected chi connectivity index (χ3v) is 2.10. The zero-order chi connectivity index (χ0) is 12.5. The lowest BCUT2D eigenvalue weighted by molar-refractivity contribution is -0.141. The second-order valence-corrected chi connectivity index (χ2v) is 3.56. The van der Waals surface area contributed by atoms with E-state index in [4.69, 9.17) is 5.11 Å². The molecule has 0 radical (unpaired) electrons. The summed E-state index contributed by atoms with van der Waals surface area (Å²) in [5.74, 6) is -1.07. The summed E-state index contributed by atoms with van der Waals surface area (Å²) in [6.07, 6.45) is -4.77. The number of carbonyl (C=O) groups is 1. The predicted molar refractivity (Wildman–Crippen MR) is 48.9 cm³/mol. The molecule has 0 spiro atoms. The Bertz CT molecular complexity index is 398. The van der Waals surface area contributed by atoms with E-state index in [0.717, 1.165) is 10.7 Å². The number of hydrogen-bond donors (Lipinski definition) is 1. The van der Waals surface area contributed by atoms with Crippen LogP contribution in [0.4, 0.5) is 13.2 Å². The lowest BCUT2D eigenvalue weighted by Crippen LogP contribution is -2.14. The second kappa shape index (κ2) is 4.15. The highest BCUT2D eigenvalue weighted by Gasteiger charge is 2.34. The van der Waals surface area contributed by atoms with Gasteiger partial charge in [-0.25, -0.2) is 0 Å². The van der Waals surface area contributed by atoms with Crippen LogP contribution in [0.25, 0.3) is 0 Å². The highest BCUT2D eigenvalue weighted by atomic mass is 19.4. The molecule has 16 heavy (non-hydrogen) atoms. The fourth-order valence-corrected chi connectivity index (χ4v) is 1.41. The smallest absolute Gasteiger partial charge is 0.435 e. The van der Waals surface area contributed by atoms with E-state index in [1.807, 2.05) is 0 Å². The third-order valence-electron chi connectivity index (χ3n) is 2.10. The van der Waals surface area contributed by atoms with Gasteiger partial charge in [0.15, 0.2) is 5.69 Å². The number of carboxylic acids is 1. The highest BCUT2D eigenvalue weighted by Crippen LogP contribution is 2.29. The van der Waals surface area contributed by atoms with Crippen LogP contribution in [0, 0.1) is 6.92 Å². The first kappa shape index (κ1) is 12.5. The fourth-order valence-electron chi connectivity index (χ4n) is 1.41. The van der Waals surface area contributed by atoms with Crippen LogP contribution in [0.1, 0.15) is 30.8 Å². The van der Waals surface area contributed by atoms with Gasteiger partial charge >= 0.3 is 12.1 Å². The number of hydrogen-bond acceptors (Lipinski definition) is 2. The van der Waals surface area contributed by atoms with E-state index in [1.165, 1.54) is 13.8 Å². The molecule has 1 aromatic rings. The molecule has 7 heteroatoms. The largest absolute Gasteiger partial charge is 0.481 e. The zero-order valence-corrected chi connectivity index (χ0v) is 8.75. The lowest BCUT2D eigenvalue weighted by Gasteiger charge is -2.11. The first-order valence-electron chi connectivity index (χ1n) is 4.57. The molecule has 0 aliphatic rings. The molecule has 0 saturated heterocycles. The number of aromatic nitrogens is 2. The minimum absolute atomic E-state index is 0.264. The molecule has 0 fully saturated rings. The Hall–Kier alpha value is -1.53. The van der Waals surface area contributed by atoms with Crippen molar-refractivity contribution in [3.63, 3.8) is 0 Å². The van der Waals surface area contributed by atoms with Crippen molar-refractivity contribution in [2.24, 2.45) is 0 Å². The maximum Gasteiger partial charge on any atom is 0.435 e. The van der Waals surface area contributed by atoms with Gasteiger partial charge in [-0.15, -0.1) is 0 Å². The number of alkyl halides is 3. The Kier molecular flexibility index (Phi) is 3.25. The van der Waals surface area contributed by atoms with Crippen LogP contribution in [0.5, 0.6) is 0 Å². The maximum atomic E-state index is 12.3. The molecule has 0 aliphatic carbocycles. The number of aryl methyl sites for hydroxylation is 1. The summed E-state index contributed by atoms with van der Waals surface area (Å²) in [6.45, 7) is 2.97. The maximum absolute atomic E-state index is 12.3. The molecule has 0 aromatic carbocycles. The minimum Gasteiger partial charge on any atom is -0.481 e. The van der Waals surface area contributed by atoms with Gasteiger partial charge in [0, 0.05) is 5.69 Å². The Morgan fingerprint density at radius 1 is 1.62 bits per heavy atom. The summed E-state index contributed by atoms with van der Waals surface area (Å²) in [7, 11) is 0. The van der Waals surface area contributed by atoms with Crippen LogP contribution in [-0.2, 0) is 11.0 Å². The topological polar surface area (TPSA) is 55.1 Å². The van der Waals surface area contributed by atoms with E-state index in [2.05, 4.69) is 5.10 Å². The normalized spacial score (nSPS) is 13.8. The third kappa shape index (κ3) is 2.74. The van der Waals surface area contributed by atoms with Gasteiger partial charge in [-0.1, -0.05) is 0 Å². The van der Waals surface area contributed by atoms with Gasteiger partial charge in [-0.2, -0.15) is 18.3 Å². The van der Waals surface area contributed by atoms with Gasteiger partial charge in [-0.3, -0.25) is 9.48 Å². The molecule has 1 heterocycles. The zero-order valence-electron chi connectivity index (χ0n) is 8.75. The van der Waals surface area contributed by atoms with Gasteiger partial charge in [0.2, 0.25) is 0 Å². The summed E-state index contributed by atoms with van der Waals surface area (Å²) < 4.78 is 38.0. The number of nitrogens with zero attached hydrogens (tertiary/aromatic N) is 2. The summed E-state index contributed by atoms with van der Waals surface area (Å²) in [4.78, 5) is 10.4. The number of carboxylic acid groups (broad SMARTS) is 1. The summed E-state index contributed by atoms with van der Waals surface area (Å²) in [5.41, 5.74) is -0.705. The SMILES string of the molecule is Cc1cc(C(F)(F)F)nn1C(C)CC(=O)O. The van der Waals surface area contributed by atoms with Crippen LogP contribution >= 0.6 is 0 Å². The molecule has 0 bridgehead atoms. The number of halogens is 3. The molecule has 4 nitrogen and oxygen atoms in total. The Morgan fingerprint density at radius 3 is 2.56 bits per heavy atom. The monoisotopic (exact) mass is 236 g/mol. The van der Waals surface area contributed by atoms with E-state index in [9.17, 15) is 18.0 Å². The molecule has 1 atom stereocenters. The van der Waals surface area contributed by atoms with Crippen molar-refractivity contribution in [1.82, 2.24) is 9.78 Å². The molecule has 0 amide bonds. The van der Waals surface area contributed by atoms with Crippen molar-refractivity contribution < 1.29 is 23.1 Å². The van der Waals surface area contributed by atoms with Crippen molar-refractivity contribution in [2.75, 3.05) is 0 Å². The molecule has 0 saturated carbocycles. The second-order valence-electron chi connectivity index (χ2n) is 3.56. The number of aliphatic carboxylic acids is 1. The molecular formula is C9H11F3N2O2. The molecule has 0 aliphatic heterocycles. The van der Waals surface area contributed by atoms with Gasteiger partial charge in [0.25, 0.3) is 0 Å². The van der Waals surface area contributed by atoms with Gasteiger partial charge in [0.05, 0.1) is 12.5 Å². The molecule has 1 unspecified atom stereocenters. The van der Waals surface area contributed by atoms with E-state index >= 15 is 0 Å². The summed E-state index contributed by atoms with van der Waals surface area (Å²) in [6, 6.07) is 0.298. The van der Waals surface area contributed by atoms with Gasteiger partial charge in [-0.05, 0) is 19.9 Å². The standard InChI is InChI=1S/C9H11F3N2O2/c1-5-3-7(9(10,11)12)13-14(5)6(2)4-8(15)16/h3,6H,4H2,1-2H3,(H,15,16). The van der Waals surface area contributed by atoms with Crippen LogP contribution in [0.3, 0.4) is 0 Å². The molecule has 1 aromatic heterocycles. The molecular weight excluding hydrogens is 225 g/mol. The fraction of sp³-hybridized carbons (Fsp3) is 0.556. The minimum atomic E-state index is -4.50. The van der Waals surface area contributed by atoms with Crippen LogP contribution in [-0.4, -0.2) is 20.9 Å². The van der Waals surface area contributed by atoms with Crippen molar-refractivity contribution in [3.8, 4) is 0 Å². The van der Waals surface area contributed by atoms with E-state index in [1.54, 1.807) is 0 Å². The average molecular weight is 236 g/mol. The summed E-state index contributed by atoms with van der Waals surface area (Å²) >= 11 is 0. The van der Waals surface area contributed by atoms with Crippen molar-refractivity contribution in [2.45, 2.75) is 32.5 Å². The Balaban J connectivity index is 2.98. The first-order valence-corrected chi connectivity index (χ1v) is 4.57. The van der Waals surface area contributed by atoms with Crippen molar-refractivity contribution in [3.05, 3.63) is 17.5 Å². The first-order chi connectivity index (χ1) is 7.21. The summed E-state index contributed by atoms with van der Waals surface area (Å²) in [5, 5.41) is 11.9. The van der Waals surface area contributed by atoms with E-state index in [0.29, 0.717) is 5.69 Å². The van der Waals surface area contributed by atoms with Crippen molar-refractivity contribution >= 4 is 5.97 Å². The molecule has 90 valence electrons. The van der Waals surface area contributed by atoms with Crippen LogP contribution in [0.2, 0.25) is 0 Å². The highest BCUT2D eigenvalue weighted by molar-refractivity contribution is 5.67. The van der Waals surface area contributed by atoms with Gasteiger partial charge in [0.1, 0.15) is 0 Å². The van der Waals surface area contributed by atoms with Crippen LogP contribution < -0.4 is 0 Å². The Labute approximate surface area is 89.7 Å². The Morgan fingerprint density at radius 2 is 2.19 bits per heavy atom. The van der Waals surface area contributed by atoms with Crippen molar-refractivity contribution in [1.29, 1.82) is 0 Å². The van der Waals surface area contributed by atoms with E-state index < -0.39 is 23.9 Å². The van der Waals surface area contributed by atoms with Crippen LogP contribution in [0.15, 0.2) is 6.07 Å². The van der Waals surface area contributed by atoms with E-state index in [-0.39, 0.29) is 6.42 Å². The average Bonchev–Trinajstić information content (AvgIpc) is 2.44.